The summed E-state index contributed by atoms with van der Waals surface area (Å²) < 4.78 is 0.399. The normalized spacial score (nSPS) is 12.4. The second-order valence-corrected chi connectivity index (χ2v) is 4.76. The summed E-state index contributed by atoms with van der Waals surface area (Å²) in [6.45, 7) is 11.8. The molecule has 0 saturated carbocycles. The molecule has 0 aliphatic carbocycles. The van der Waals surface area contributed by atoms with Crippen LogP contribution < -0.4 is 5.32 Å². The maximum atomic E-state index is 11.3. The highest BCUT2D eigenvalue weighted by molar-refractivity contribution is 9.10. The quantitative estimate of drug-likeness (QED) is 0.569. The Balaban J connectivity index is 0. The minimum atomic E-state index is -1.06. The molecule has 0 amide bonds. The number of nitrogens with one attached hydrogen (secondary N) is 2. The molecule has 24 heavy (non-hydrogen) atoms. The van der Waals surface area contributed by atoms with Crippen molar-refractivity contribution in [1.82, 2.24) is 15.3 Å². The molecule has 0 bridgehead atoms. The first-order valence-corrected chi connectivity index (χ1v) is 8.96. The summed E-state index contributed by atoms with van der Waals surface area (Å²) in [5, 5.41) is 12.3. The van der Waals surface area contributed by atoms with Gasteiger partial charge in [0.05, 0.1) is 11.7 Å². The predicted octanol–water partition coefficient (Wildman–Crippen LogP) is 5.26. The smallest absolute Gasteiger partial charge is 0.356 e. The lowest BCUT2D eigenvalue weighted by Gasteiger charge is -2.16. The first-order chi connectivity index (χ1) is 11.5. The fourth-order valence-electron chi connectivity index (χ4n) is 1.85. The van der Waals surface area contributed by atoms with E-state index in [0.29, 0.717) is 10.4 Å². The van der Waals surface area contributed by atoms with Crippen molar-refractivity contribution in [2.75, 3.05) is 7.05 Å². The van der Waals surface area contributed by atoms with Gasteiger partial charge < -0.3 is 15.4 Å². The molecule has 0 aromatic carbocycles. The number of halogens is 1. The van der Waals surface area contributed by atoms with Crippen LogP contribution in [0.5, 0.6) is 0 Å². The molecule has 1 rings (SSSR count). The third kappa shape index (κ3) is 7.75. The van der Waals surface area contributed by atoms with Crippen molar-refractivity contribution in [3.63, 3.8) is 0 Å². The SMILES string of the molecule is CC.CC.C\C=C/C=C(\C=C/C)C(NC)c1[nH]c(Br)nc1C(=O)O. The van der Waals surface area contributed by atoms with E-state index < -0.39 is 5.97 Å². The first kappa shape index (κ1) is 24.6. The van der Waals surface area contributed by atoms with E-state index in [1.165, 1.54) is 0 Å². The average Bonchev–Trinajstić information content (AvgIpc) is 2.99. The van der Waals surface area contributed by atoms with Gasteiger partial charge in [-0.25, -0.2) is 9.78 Å². The van der Waals surface area contributed by atoms with Gasteiger partial charge in [-0.05, 0) is 42.4 Å². The number of imidazole rings is 1. The molecule has 0 radical (unpaired) electrons. The molecule has 1 aromatic rings. The highest BCUT2D eigenvalue weighted by atomic mass is 79.9. The van der Waals surface area contributed by atoms with Crippen LogP contribution in [0.1, 0.15) is 63.8 Å². The Morgan fingerprint density at radius 3 is 2.25 bits per heavy atom. The Hall–Kier alpha value is -1.66. The summed E-state index contributed by atoms with van der Waals surface area (Å²) in [6, 6.07) is -0.285. The molecule has 0 spiro atoms. The molecule has 0 fully saturated rings. The van der Waals surface area contributed by atoms with Crippen LogP contribution in [0, 0.1) is 0 Å². The number of carboxylic acids is 1. The van der Waals surface area contributed by atoms with Gasteiger partial charge in [-0.1, -0.05) is 58.1 Å². The van der Waals surface area contributed by atoms with Gasteiger partial charge in [0, 0.05) is 0 Å². The van der Waals surface area contributed by atoms with Crippen LogP contribution in [0.4, 0.5) is 0 Å². The predicted molar refractivity (Wildman–Crippen MR) is 105 cm³/mol. The van der Waals surface area contributed by atoms with E-state index >= 15 is 0 Å². The number of allylic oxidation sites excluding steroid dienone is 4. The number of aromatic nitrogens is 2. The third-order valence-corrected chi connectivity index (χ3v) is 3.03. The molecule has 5 nitrogen and oxygen atoms in total. The van der Waals surface area contributed by atoms with Crippen molar-refractivity contribution in [2.45, 2.75) is 47.6 Å². The van der Waals surface area contributed by atoms with Crippen molar-refractivity contribution in [3.8, 4) is 0 Å². The van der Waals surface area contributed by atoms with E-state index in [2.05, 4.69) is 31.2 Å². The number of hydrogen-bond acceptors (Lipinski definition) is 3. The largest absolute Gasteiger partial charge is 0.476 e. The highest BCUT2D eigenvalue weighted by Gasteiger charge is 2.24. The Bertz CT molecular complexity index is 561. The molecular weight excluding hydrogens is 370 g/mol. The maximum absolute atomic E-state index is 11.3. The lowest BCUT2D eigenvalue weighted by Crippen LogP contribution is -2.21. The summed E-state index contributed by atoms with van der Waals surface area (Å²) in [5.74, 6) is -1.06. The Kier molecular flexibility index (Phi) is 15.3. The van der Waals surface area contributed by atoms with Crippen molar-refractivity contribution < 1.29 is 9.90 Å². The van der Waals surface area contributed by atoms with Gasteiger partial charge >= 0.3 is 5.97 Å². The standard InChI is InChI=1S/C14H18BrN3O2.2C2H6/c1-4-6-8-9(7-5-2)10(16-3)11-12(13(19)20)18-14(15)17-11;2*1-2/h4-8,10,16H,1-3H3,(H,17,18)(H,19,20);2*1-2H3/b6-4-,7-5-,9-8+;;. The number of H-pyrrole nitrogens is 1. The number of carbonyl (C=O) groups is 1. The number of aromatic amines is 1. The van der Waals surface area contributed by atoms with Crippen molar-refractivity contribution in [3.05, 3.63) is 52.1 Å². The van der Waals surface area contributed by atoms with Crippen LogP contribution in [-0.2, 0) is 0 Å². The van der Waals surface area contributed by atoms with Crippen LogP contribution in [0.3, 0.4) is 0 Å². The van der Waals surface area contributed by atoms with Crippen LogP contribution in [0.15, 0.2) is 40.7 Å². The number of nitrogens with zero attached hydrogens (tertiary/aromatic N) is 1. The van der Waals surface area contributed by atoms with Crippen molar-refractivity contribution in [1.29, 1.82) is 0 Å². The number of rotatable bonds is 6. The molecule has 6 heteroatoms. The van der Waals surface area contributed by atoms with E-state index in [1.54, 1.807) is 7.05 Å². The molecule has 1 atom stereocenters. The number of hydrogen-bond donors (Lipinski definition) is 3. The maximum Gasteiger partial charge on any atom is 0.356 e. The monoisotopic (exact) mass is 399 g/mol. The Morgan fingerprint density at radius 2 is 1.83 bits per heavy atom. The van der Waals surface area contributed by atoms with E-state index in [0.717, 1.165) is 5.57 Å². The molecule has 1 unspecified atom stereocenters. The fraction of sp³-hybridized carbons (Fsp3) is 0.444. The highest BCUT2D eigenvalue weighted by Crippen LogP contribution is 2.25. The van der Waals surface area contributed by atoms with Crippen LogP contribution in [0.25, 0.3) is 0 Å². The van der Waals surface area contributed by atoms with Gasteiger partial charge in [-0.3, -0.25) is 0 Å². The third-order valence-electron chi connectivity index (χ3n) is 2.66. The van der Waals surface area contributed by atoms with Gasteiger partial charge in [-0.2, -0.15) is 0 Å². The van der Waals surface area contributed by atoms with Crippen LogP contribution >= 0.6 is 15.9 Å². The molecule has 1 aromatic heterocycles. The second-order valence-electron chi connectivity index (χ2n) is 4.01. The summed E-state index contributed by atoms with van der Waals surface area (Å²) in [7, 11) is 1.78. The molecule has 136 valence electrons. The Labute approximate surface area is 154 Å². The zero-order valence-corrected chi connectivity index (χ0v) is 17.2. The van der Waals surface area contributed by atoms with E-state index in [4.69, 9.17) is 0 Å². The zero-order chi connectivity index (χ0) is 19.1. The number of likely N-dealkylation sites (N-methyl/N-ethyl adjacent to an activating group) is 1. The number of carboxylic acid groups (broad SMARTS) is 1. The minimum absolute atomic E-state index is 0.00658. The second kappa shape index (κ2) is 14.9. The van der Waals surface area contributed by atoms with E-state index in [9.17, 15) is 9.90 Å². The number of aromatic carboxylic acids is 1. The van der Waals surface area contributed by atoms with Crippen molar-refractivity contribution in [2.24, 2.45) is 0 Å². The van der Waals surface area contributed by atoms with Crippen LogP contribution in [-0.4, -0.2) is 28.1 Å². The van der Waals surface area contributed by atoms with E-state index in [-0.39, 0.29) is 11.7 Å². The lowest BCUT2D eigenvalue weighted by atomic mass is 10.0. The Morgan fingerprint density at radius 1 is 1.25 bits per heavy atom. The fourth-order valence-corrected chi connectivity index (χ4v) is 2.24. The average molecular weight is 400 g/mol. The van der Waals surface area contributed by atoms with Gasteiger partial charge in [0.15, 0.2) is 10.4 Å². The van der Waals surface area contributed by atoms with Gasteiger partial charge in [-0.15, -0.1) is 0 Å². The summed E-state index contributed by atoms with van der Waals surface area (Å²) in [6.07, 6.45) is 9.59. The van der Waals surface area contributed by atoms with Crippen molar-refractivity contribution >= 4 is 21.9 Å². The molecular formula is C18H30BrN3O2. The molecule has 0 aliphatic heterocycles. The summed E-state index contributed by atoms with van der Waals surface area (Å²) in [5.41, 5.74) is 1.46. The van der Waals surface area contributed by atoms with Crippen LogP contribution in [0.2, 0.25) is 0 Å². The lowest BCUT2D eigenvalue weighted by molar-refractivity contribution is 0.0689. The van der Waals surface area contributed by atoms with E-state index in [1.807, 2.05) is 71.9 Å². The van der Waals surface area contributed by atoms with Gasteiger partial charge in [0.2, 0.25) is 0 Å². The minimum Gasteiger partial charge on any atom is -0.476 e. The van der Waals surface area contributed by atoms with Gasteiger partial charge in [0.1, 0.15) is 0 Å². The molecule has 0 saturated heterocycles. The molecule has 1 heterocycles. The topological polar surface area (TPSA) is 78.0 Å². The summed E-state index contributed by atoms with van der Waals surface area (Å²) >= 11 is 3.18. The summed E-state index contributed by atoms with van der Waals surface area (Å²) in [4.78, 5) is 18.2. The zero-order valence-electron chi connectivity index (χ0n) is 15.6. The van der Waals surface area contributed by atoms with Gasteiger partial charge in [0.25, 0.3) is 0 Å². The molecule has 3 N–H and O–H groups in total. The molecule has 0 aliphatic rings. The first-order valence-electron chi connectivity index (χ1n) is 8.16.